The van der Waals surface area contributed by atoms with Crippen molar-refractivity contribution in [3.8, 4) is 0 Å². The molecule has 7 unspecified atom stereocenters. The Labute approximate surface area is 516 Å². The first-order valence-electron chi connectivity index (χ1n) is 37.7. The van der Waals surface area contributed by atoms with Gasteiger partial charge in [-0.1, -0.05) is 393 Å². The SMILES string of the molecule is CCCCCCCCCCCCCCCCCCCCCCCCCCCCCCCCCCCC(=O)NC(COC1OC(CO)C(O)C(O)C1O)C(O)CCCCCCCCCCCCCCCCCCCCCCCCCCCCC. The highest BCUT2D eigenvalue weighted by atomic mass is 16.7. The second kappa shape index (κ2) is 64.2. The van der Waals surface area contributed by atoms with E-state index in [2.05, 4.69) is 19.2 Å². The van der Waals surface area contributed by atoms with Crippen LogP contribution in [-0.4, -0.2) is 87.5 Å². The van der Waals surface area contributed by atoms with Crippen LogP contribution in [0.15, 0.2) is 0 Å². The molecule has 1 aliphatic rings. The van der Waals surface area contributed by atoms with Gasteiger partial charge >= 0.3 is 0 Å². The van der Waals surface area contributed by atoms with Crippen molar-refractivity contribution in [1.82, 2.24) is 5.32 Å². The summed E-state index contributed by atoms with van der Waals surface area (Å²) in [5.41, 5.74) is 0. The van der Waals surface area contributed by atoms with Gasteiger partial charge in [-0.2, -0.15) is 0 Å². The van der Waals surface area contributed by atoms with E-state index in [-0.39, 0.29) is 12.5 Å². The van der Waals surface area contributed by atoms with Crippen LogP contribution < -0.4 is 5.32 Å². The lowest BCUT2D eigenvalue weighted by molar-refractivity contribution is -0.302. The van der Waals surface area contributed by atoms with E-state index in [9.17, 15) is 30.3 Å². The van der Waals surface area contributed by atoms with Crippen LogP contribution in [0.3, 0.4) is 0 Å². The number of carbonyl (C=O) groups excluding carboxylic acids is 1. The number of hydrogen-bond acceptors (Lipinski definition) is 8. The van der Waals surface area contributed by atoms with E-state index in [1.165, 1.54) is 347 Å². The Morgan fingerprint density at radius 3 is 0.855 bits per heavy atom. The summed E-state index contributed by atoms with van der Waals surface area (Å²) < 4.78 is 11.4. The predicted molar refractivity (Wildman–Crippen MR) is 355 cm³/mol. The van der Waals surface area contributed by atoms with E-state index in [0.717, 1.165) is 38.5 Å². The molecule has 1 fully saturated rings. The predicted octanol–water partition coefficient (Wildman–Crippen LogP) is 20.9. The average molecular weight is 1180 g/mol. The molecule has 9 heteroatoms. The first-order valence-corrected chi connectivity index (χ1v) is 37.7. The van der Waals surface area contributed by atoms with Gasteiger partial charge in [-0.3, -0.25) is 4.79 Å². The highest BCUT2D eigenvalue weighted by molar-refractivity contribution is 5.76. The molecule has 7 atom stereocenters. The highest BCUT2D eigenvalue weighted by Gasteiger charge is 2.44. The van der Waals surface area contributed by atoms with Crippen LogP contribution in [0.25, 0.3) is 0 Å². The molecule has 0 aliphatic carbocycles. The van der Waals surface area contributed by atoms with Gasteiger partial charge in [0.1, 0.15) is 24.4 Å². The van der Waals surface area contributed by atoms with E-state index in [1.807, 2.05) is 0 Å². The van der Waals surface area contributed by atoms with Crippen molar-refractivity contribution in [2.75, 3.05) is 13.2 Å². The Kier molecular flexibility index (Phi) is 62.0. The molecular weight excluding hydrogens is 1030 g/mol. The Hall–Kier alpha value is -0.810. The third-order valence-electron chi connectivity index (χ3n) is 18.7. The van der Waals surface area contributed by atoms with Gasteiger partial charge in [0.25, 0.3) is 0 Å². The summed E-state index contributed by atoms with van der Waals surface area (Å²) in [5.74, 6) is -0.132. The Bertz CT molecular complexity index is 1270. The number of hydrogen-bond donors (Lipinski definition) is 6. The topological polar surface area (TPSA) is 149 Å². The maximum Gasteiger partial charge on any atom is 0.220 e. The van der Waals surface area contributed by atoms with Crippen molar-refractivity contribution in [3.05, 3.63) is 0 Å². The fraction of sp³-hybridized carbons (Fsp3) is 0.986. The lowest BCUT2D eigenvalue weighted by atomic mass is 9.99. The summed E-state index contributed by atoms with van der Waals surface area (Å²) in [6, 6.07) is -0.716. The molecule has 0 spiro atoms. The molecule has 83 heavy (non-hydrogen) atoms. The van der Waals surface area contributed by atoms with Gasteiger partial charge in [0.05, 0.1) is 25.4 Å². The van der Waals surface area contributed by atoms with E-state index in [4.69, 9.17) is 9.47 Å². The summed E-state index contributed by atoms with van der Waals surface area (Å²) in [6.45, 7) is 3.92. The van der Waals surface area contributed by atoms with Gasteiger partial charge < -0.3 is 40.3 Å². The minimum Gasteiger partial charge on any atom is -0.394 e. The van der Waals surface area contributed by atoms with Crippen molar-refractivity contribution in [2.24, 2.45) is 0 Å². The molecule has 1 rings (SSSR count). The lowest BCUT2D eigenvalue weighted by Crippen LogP contribution is -2.60. The van der Waals surface area contributed by atoms with E-state index in [1.54, 1.807) is 0 Å². The minimum absolute atomic E-state index is 0.130. The minimum atomic E-state index is -1.55. The Balaban J connectivity index is 2.06. The molecule has 6 N–H and O–H groups in total. The molecule has 1 heterocycles. The number of ether oxygens (including phenoxy) is 2. The van der Waals surface area contributed by atoms with Crippen molar-refractivity contribution in [2.45, 2.75) is 455 Å². The normalized spacial score (nSPS) is 18.1. The number of aliphatic hydroxyl groups is 5. The van der Waals surface area contributed by atoms with Gasteiger partial charge in [-0.25, -0.2) is 0 Å². The smallest absolute Gasteiger partial charge is 0.220 e. The van der Waals surface area contributed by atoms with Crippen molar-refractivity contribution in [1.29, 1.82) is 0 Å². The lowest BCUT2D eigenvalue weighted by Gasteiger charge is -2.40. The van der Waals surface area contributed by atoms with Gasteiger partial charge in [0.15, 0.2) is 6.29 Å². The number of unbranched alkanes of at least 4 members (excludes halogenated alkanes) is 58. The van der Waals surface area contributed by atoms with Crippen LogP contribution in [0.2, 0.25) is 0 Å². The standard InChI is InChI=1S/C74H147NO8/c1-3-5-7-9-11-13-15-17-19-21-23-25-27-29-31-32-33-34-35-36-38-40-42-44-46-48-50-52-54-56-58-60-62-64-70(78)75-67(66-82-74-73(81)72(80)71(79)69(65-76)83-74)68(77)63-61-59-57-55-53-51-49-47-45-43-41-39-37-30-28-26-24-22-20-18-16-14-12-10-8-6-4-2/h67-69,71-74,76-77,79-81H,3-66H2,1-2H3,(H,75,78). The molecule has 0 aromatic rings. The summed E-state index contributed by atoms with van der Waals surface area (Å²) in [4.78, 5) is 13.2. The first-order chi connectivity index (χ1) is 40.8. The maximum atomic E-state index is 13.2. The van der Waals surface area contributed by atoms with Gasteiger partial charge in [0, 0.05) is 6.42 Å². The average Bonchev–Trinajstić information content (AvgIpc) is 3.61. The fourth-order valence-electron chi connectivity index (χ4n) is 12.8. The molecule has 9 nitrogen and oxygen atoms in total. The van der Waals surface area contributed by atoms with Gasteiger partial charge in [-0.05, 0) is 12.8 Å². The molecule has 1 aliphatic heterocycles. The monoisotopic (exact) mass is 1180 g/mol. The van der Waals surface area contributed by atoms with E-state index in [0.29, 0.717) is 12.8 Å². The van der Waals surface area contributed by atoms with Crippen LogP contribution in [0.4, 0.5) is 0 Å². The second-order valence-electron chi connectivity index (χ2n) is 26.8. The zero-order chi connectivity index (χ0) is 60.0. The van der Waals surface area contributed by atoms with Crippen LogP contribution in [0, 0.1) is 0 Å². The van der Waals surface area contributed by atoms with Crippen molar-refractivity contribution >= 4 is 5.91 Å². The molecular formula is C74H147NO8. The molecule has 1 saturated heterocycles. The van der Waals surface area contributed by atoms with Crippen LogP contribution >= 0.6 is 0 Å². The summed E-state index contributed by atoms with van der Waals surface area (Å²) in [7, 11) is 0. The highest BCUT2D eigenvalue weighted by Crippen LogP contribution is 2.24. The molecule has 0 radical (unpaired) electrons. The largest absolute Gasteiger partial charge is 0.394 e. The van der Waals surface area contributed by atoms with Crippen molar-refractivity contribution < 1.29 is 39.8 Å². The van der Waals surface area contributed by atoms with Crippen LogP contribution in [0.5, 0.6) is 0 Å². The summed E-state index contributed by atoms with van der Waals surface area (Å²) in [6.07, 6.45) is 74.9. The molecule has 0 aromatic heterocycles. The third kappa shape index (κ3) is 52.8. The third-order valence-corrected chi connectivity index (χ3v) is 18.7. The number of carbonyl (C=O) groups is 1. The molecule has 0 saturated carbocycles. The molecule has 496 valence electrons. The quantitative estimate of drug-likeness (QED) is 0.0330. The fourth-order valence-corrected chi connectivity index (χ4v) is 12.8. The molecule has 0 bridgehead atoms. The number of nitrogens with one attached hydrogen (secondary N) is 1. The molecule has 0 aromatic carbocycles. The van der Waals surface area contributed by atoms with Gasteiger partial charge in [0.2, 0.25) is 5.91 Å². The summed E-state index contributed by atoms with van der Waals surface area (Å²) >= 11 is 0. The van der Waals surface area contributed by atoms with E-state index < -0.39 is 49.5 Å². The van der Waals surface area contributed by atoms with Crippen LogP contribution in [-0.2, 0) is 14.3 Å². The Morgan fingerprint density at radius 1 is 0.361 bits per heavy atom. The second-order valence-corrected chi connectivity index (χ2v) is 26.8. The number of aliphatic hydroxyl groups excluding tert-OH is 5. The molecule has 1 amide bonds. The summed E-state index contributed by atoms with van der Waals surface area (Å²) in [5, 5.41) is 55.0. The first kappa shape index (κ1) is 80.2. The van der Waals surface area contributed by atoms with Gasteiger partial charge in [-0.15, -0.1) is 0 Å². The van der Waals surface area contributed by atoms with Crippen LogP contribution in [0.1, 0.15) is 412 Å². The Morgan fingerprint density at radius 2 is 0.602 bits per heavy atom. The number of amides is 1. The maximum absolute atomic E-state index is 13.2. The van der Waals surface area contributed by atoms with Crippen molar-refractivity contribution in [3.63, 3.8) is 0 Å². The zero-order valence-corrected chi connectivity index (χ0v) is 55.8. The number of rotatable bonds is 68. The zero-order valence-electron chi connectivity index (χ0n) is 55.8. The van der Waals surface area contributed by atoms with E-state index >= 15 is 0 Å².